The smallest absolute Gasteiger partial charge is 0.145 e. The van der Waals surface area contributed by atoms with Gasteiger partial charge in [-0.2, -0.15) is 0 Å². The van der Waals surface area contributed by atoms with E-state index in [-0.39, 0.29) is 10.0 Å². The van der Waals surface area contributed by atoms with Crippen molar-refractivity contribution in [1.29, 1.82) is 0 Å². The van der Waals surface area contributed by atoms with Crippen LogP contribution in [0.4, 0.5) is 8.78 Å². The maximum Gasteiger partial charge on any atom is 0.145 e. The van der Waals surface area contributed by atoms with Gasteiger partial charge in [-0.25, -0.2) is 8.78 Å². The van der Waals surface area contributed by atoms with E-state index in [0.29, 0.717) is 6.42 Å². The zero-order chi connectivity index (χ0) is 13.9. The fourth-order valence-electron chi connectivity index (χ4n) is 2.03. The van der Waals surface area contributed by atoms with E-state index < -0.39 is 23.3 Å². The van der Waals surface area contributed by atoms with Gasteiger partial charge in [-0.05, 0) is 48.5 Å². The van der Waals surface area contributed by atoms with Crippen molar-refractivity contribution in [1.82, 2.24) is 5.32 Å². The highest BCUT2D eigenvalue weighted by Crippen LogP contribution is 2.36. The van der Waals surface area contributed by atoms with Crippen LogP contribution in [0, 0.1) is 11.6 Å². The molecule has 102 valence electrons. The summed E-state index contributed by atoms with van der Waals surface area (Å²) in [5.41, 5.74) is -0.685. The van der Waals surface area contributed by atoms with Crippen molar-refractivity contribution in [2.45, 2.75) is 31.9 Å². The maximum atomic E-state index is 14.1. The monoisotopic (exact) mass is 321 g/mol. The van der Waals surface area contributed by atoms with E-state index in [4.69, 9.17) is 4.74 Å². The van der Waals surface area contributed by atoms with Crippen LogP contribution in [0.15, 0.2) is 16.6 Å². The Morgan fingerprint density at radius 2 is 2.06 bits per heavy atom. The van der Waals surface area contributed by atoms with E-state index in [1.807, 2.05) is 13.8 Å². The molecule has 0 fully saturated rings. The summed E-state index contributed by atoms with van der Waals surface area (Å²) in [6.45, 7) is 3.75. The molecule has 0 spiro atoms. The first-order chi connectivity index (χ1) is 8.41. The third kappa shape index (κ3) is 2.73. The number of nitrogens with one attached hydrogen (secondary N) is 1. The summed E-state index contributed by atoms with van der Waals surface area (Å²) < 4.78 is 33.7. The number of benzene rings is 1. The highest BCUT2D eigenvalue weighted by molar-refractivity contribution is 9.10. The van der Waals surface area contributed by atoms with Crippen molar-refractivity contribution >= 4 is 15.9 Å². The number of hydrogen-bond acceptors (Lipinski definition) is 2. The molecule has 0 radical (unpaired) electrons. The number of halogens is 3. The second kappa shape index (κ2) is 6.08. The van der Waals surface area contributed by atoms with E-state index in [9.17, 15) is 8.78 Å². The largest absolute Gasteiger partial charge is 0.377 e. The Hall–Kier alpha value is -0.520. The van der Waals surface area contributed by atoms with E-state index in [2.05, 4.69) is 21.2 Å². The van der Waals surface area contributed by atoms with Crippen LogP contribution in [-0.2, 0) is 4.74 Å². The molecule has 0 saturated carbocycles. The van der Waals surface area contributed by atoms with Crippen molar-refractivity contribution in [3.63, 3.8) is 0 Å². The number of hydrogen-bond donors (Lipinski definition) is 1. The van der Waals surface area contributed by atoms with Gasteiger partial charge in [-0.1, -0.05) is 6.92 Å². The summed E-state index contributed by atoms with van der Waals surface area (Å²) in [6.07, 6.45) is 0.625. The molecule has 0 aliphatic carbocycles. The third-order valence-electron chi connectivity index (χ3n) is 3.44. The van der Waals surface area contributed by atoms with Crippen molar-refractivity contribution in [3.05, 3.63) is 33.8 Å². The molecule has 2 nitrogen and oxygen atoms in total. The topological polar surface area (TPSA) is 21.3 Å². The quantitative estimate of drug-likeness (QED) is 0.833. The third-order valence-corrected chi connectivity index (χ3v) is 4.05. The first-order valence-corrected chi connectivity index (χ1v) is 6.56. The molecule has 0 saturated heterocycles. The van der Waals surface area contributed by atoms with Gasteiger partial charge in [0.15, 0.2) is 0 Å². The first kappa shape index (κ1) is 15.5. The molecule has 18 heavy (non-hydrogen) atoms. The standard InChI is InChI=1S/C13H18BrF2NO/c1-5-13(2,18-4)12(17-3)10-9(15)7-6-8(14)11(10)16/h6-7,12,17H,5H2,1-4H3. The van der Waals surface area contributed by atoms with E-state index in [1.165, 1.54) is 12.1 Å². The van der Waals surface area contributed by atoms with E-state index >= 15 is 0 Å². The lowest BCUT2D eigenvalue weighted by Crippen LogP contribution is -2.42. The summed E-state index contributed by atoms with van der Waals surface area (Å²) in [5, 5.41) is 2.94. The first-order valence-electron chi connectivity index (χ1n) is 5.77. The lowest BCUT2D eigenvalue weighted by Gasteiger charge is -2.36. The van der Waals surface area contributed by atoms with Gasteiger partial charge in [-0.15, -0.1) is 0 Å². The zero-order valence-electron chi connectivity index (χ0n) is 11.0. The van der Waals surface area contributed by atoms with Crippen LogP contribution in [0.5, 0.6) is 0 Å². The van der Waals surface area contributed by atoms with Gasteiger partial charge in [0.2, 0.25) is 0 Å². The molecule has 0 aliphatic rings. The highest BCUT2D eigenvalue weighted by atomic mass is 79.9. The number of likely N-dealkylation sites (N-methyl/N-ethyl adjacent to an activating group) is 1. The molecule has 0 heterocycles. The Morgan fingerprint density at radius 1 is 1.44 bits per heavy atom. The molecule has 0 bridgehead atoms. The van der Waals surface area contributed by atoms with E-state index in [1.54, 1.807) is 14.2 Å². The second-order valence-corrected chi connectivity index (χ2v) is 5.20. The van der Waals surface area contributed by atoms with Gasteiger partial charge < -0.3 is 10.1 Å². The molecule has 2 atom stereocenters. The molecule has 1 rings (SSSR count). The van der Waals surface area contributed by atoms with Crippen LogP contribution in [0.25, 0.3) is 0 Å². The van der Waals surface area contributed by atoms with Gasteiger partial charge in [0.1, 0.15) is 11.6 Å². The highest BCUT2D eigenvalue weighted by Gasteiger charge is 2.36. The van der Waals surface area contributed by atoms with Gasteiger partial charge >= 0.3 is 0 Å². The van der Waals surface area contributed by atoms with Crippen molar-refractivity contribution in [2.75, 3.05) is 14.2 Å². The molecular weight excluding hydrogens is 304 g/mol. The SMILES string of the molecule is CCC(C)(OC)C(NC)c1c(F)ccc(Br)c1F. The molecule has 1 aromatic carbocycles. The summed E-state index contributed by atoms with van der Waals surface area (Å²) in [6, 6.07) is 2.04. The maximum absolute atomic E-state index is 14.1. The Labute approximate surface area is 115 Å². The molecule has 1 N–H and O–H groups in total. The Morgan fingerprint density at radius 3 is 2.50 bits per heavy atom. The fraction of sp³-hybridized carbons (Fsp3) is 0.538. The molecular formula is C13H18BrF2NO. The minimum absolute atomic E-state index is 0.00178. The van der Waals surface area contributed by atoms with Gasteiger partial charge in [0, 0.05) is 12.7 Å². The molecule has 0 aliphatic heterocycles. The summed E-state index contributed by atoms with van der Waals surface area (Å²) in [5.74, 6) is -1.17. The average molecular weight is 322 g/mol. The summed E-state index contributed by atoms with van der Waals surface area (Å²) >= 11 is 3.08. The van der Waals surface area contributed by atoms with Crippen LogP contribution in [0.2, 0.25) is 0 Å². The fourth-order valence-corrected chi connectivity index (χ4v) is 2.37. The van der Waals surface area contributed by atoms with Crippen molar-refractivity contribution < 1.29 is 13.5 Å². The van der Waals surface area contributed by atoms with Crippen molar-refractivity contribution in [3.8, 4) is 0 Å². The predicted octanol–water partition coefficient (Wildman–Crippen LogP) is 3.80. The molecule has 0 amide bonds. The van der Waals surface area contributed by atoms with Crippen LogP contribution < -0.4 is 5.32 Å². The molecule has 2 unspecified atom stereocenters. The summed E-state index contributed by atoms with van der Waals surface area (Å²) in [4.78, 5) is 0. The minimum atomic E-state index is -0.683. The van der Waals surface area contributed by atoms with Gasteiger partial charge in [-0.3, -0.25) is 0 Å². The van der Waals surface area contributed by atoms with Crippen LogP contribution in [-0.4, -0.2) is 19.8 Å². The Kier molecular flexibility index (Phi) is 5.25. The van der Waals surface area contributed by atoms with Crippen LogP contribution in [0.1, 0.15) is 31.9 Å². The lowest BCUT2D eigenvalue weighted by atomic mass is 9.87. The number of methoxy groups -OCH3 is 1. The van der Waals surface area contributed by atoms with Crippen LogP contribution in [0.3, 0.4) is 0 Å². The normalized spacial score (nSPS) is 16.4. The molecule has 1 aromatic rings. The van der Waals surface area contributed by atoms with Gasteiger partial charge in [0.25, 0.3) is 0 Å². The molecule has 0 aromatic heterocycles. The predicted molar refractivity (Wildman–Crippen MR) is 71.6 cm³/mol. The lowest BCUT2D eigenvalue weighted by molar-refractivity contribution is -0.0298. The Balaban J connectivity index is 3.38. The number of rotatable bonds is 5. The average Bonchev–Trinajstić information content (AvgIpc) is 2.38. The summed E-state index contributed by atoms with van der Waals surface area (Å²) in [7, 11) is 3.21. The van der Waals surface area contributed by atoms with E-state index in [0.717, 1.165) is 0 Å². The minimum Gasteiger partial charge on any atom is -0.377 e. The molecule has 5 heteroatoms. The second-order valence-electron chi connectivity index (χ2n) is 4.35. The zero-order valence-corrected chi connectivity index (χ0v) is 12.6. The number of ether oxygens (including phenoxy) is 1. The Bertz CT molecular complexity index is 422. The van der Waals surface area contributed by atoms with Crippen LogP contribution >= 0.6 is 15.9 Å². The van der Waals surface area contributed by atoms with Gasteiger partial charge in [0.05, 0.1) is 16.1 Å². The van der Waals surface area contributed by atoms with Crippen molar-refractivity contribution in [2.24, 2.45) is 0 Å².